The van der Waals surface area contributed by atoms with Gasteiger partial charge in [-0.2, -0.15) is 5.26 Å². The van der Waals surface area contributed by atoms with Crippen LogP contribution in [0.25, 0.3) is 0 Å². The summed E-state index contributed by atoms with van der Waals surface area (Å²) in [5, 5.41) is 12.4. The zero-order chi connectivity index (χ0) is 15.1. The average molecular weight is 280 g/mol. The molecule has 0 aromatic heterocycles. The van der Waals surface area contributed by atoms with Gasteiger partial charge in [0.2, 0.25) is 0 Å². The molecule has 0 aliphatic rings. The molecule has 0 aliphatic heterocycles. The van der Waals surface area contributed by atoms with E-state index in [-0.39, 0.29) is 0 Å². The van der Waals surface area contributed by atoms with Gasteiger partial charge in [0.15, 0.2) is 0 Å². The minimum absolute atomic E-state index is 0.410. The number of nitriles is 1. The summed E-state index contributed by atoms with van der Waals surface area (Å²) in [6.45, 7) is 5.52. The highest BCUT2D eigenvalue weighted by Crippen LogP contribution is 2.16. The molecule has 0 unspecified atom stereocenters. The molecular weight excluding hydrogens is 260 g/mol. The molecule has 3 nitrogen and oxygen atoms in total. The molecule has 0 radical (unpaired) electrons. The van der Waals surface area contributed by atoms with Gasteiger partial charge in [0.25, 0.3) is 0 Å². The minimum atomic E-state index is 0.410. The van der Waals surface area contributed by atoms with Crippen molar-refractivity contribution < 1.29 is 4.74 Å². The van der Waals surface area contributed by atoms with E-state index in [1.807, 2.05) is 30.3 Å². The summed E-state index contributed by atoms with van der Waals surface area (Å²) >= 11 is 0. The Morgan fingerprint density at radius 1 is 1.10 bits per heavy atom. The van der Waals surface area contributed by atoms with Gasteiger partial charge in [-0.15, -0.1) is 0 Å². The van der Waals surface area contributed by atoms with Crippen LogP contribution in [0.3, 0.4) is 0 Å². The Balaban J connectivity index is 1.93. The average Bonchev–Trinajstić information content (AvgIpc) is 2.52. The predicted octanol–water partition coefficient (Wildman–Crippen LogP) is 3.64. The first kappa shape index (κ1) is 15.1. The lowest BCUT2D eigenvalue weighted by Crippen LogP contribution is -2.21. The molecule has 2 aromatic rings. The number of ether oxygens (including phenoxy) is 1. The van der Waals surface area contributed by atoms with Gasteiger partial charge in [-0.05, 0) is 23.8 Å². The van der Waals surface area contributed by atoms with Crippen molar-refractivity contribution in [2.75, 3.05) is 0 Å². The number of nitrogens with one attached hydrogen (secondary N) is 1. The third kappa shape index (κ3) is 4.62. The number of rotatable bonds is 6. The zero-order valence-corrected chi connectivity index (χ0v) is 12.5. The summed E-state index contributed by atoms with van der Waals surface area (Å²) < 4.78 is 5.74. The van der Waals surface area contributed by atoms with Crippen LogP contribution in [0.2, 0.25) is 0 Å². The lowest BCUT2D eigenvalue weighted by atomic mass is 10.1. The van der Waals surface area contributed by atoms with Gasteiger partial charge in [-0.3, -0.25) is 0 Å². The number of hydrogen-bond donors (Lipinski definition) is 1. The molecule has 0 saturated heterocycles. The van der Waals surface area contributed by atoms with Crippen LogP contribution < -0.4 is 10.1 Å². The minimum Gasteiger partial charge on any atom is -0.489 e. The molecule has 0 atom stereocenters. The van der Waals surface area contributed by atoms with Gasteiger partial charge in [0.05, 0.1) is 11.6 Å². The van der Waals surface area contributed by atoms with Gasteiger partial charge >= 0.3 is 0 Å². The van der Waals surface area contributed by atoms with E-state index in [1.54, 1.807) is 6.07 Å². The standard InChI is InChI=1S/C18H20N2O/c1-14(2)20-12-15-7-9-18(10-8-15)21-13-17-6-4-3-5-16(17)11-19/h3-10,14,20H,12-13H2,1-2H3. The maximum atomic E-state index is 9.04. The second-order valence-corrected chi connectivity index (χ2v) is 5.24. The highest BCUT2D eigenvalue weighted by Gasteiger charge is 2.02. The Labute approximate surface area is 126 Å². The van der Waals surface area contributed by atoms with Crippen LogP contribution in [0, 0.1) is 11.3 Å². The molecule has 0 bridgehead atoms. The fraction of sp³-hybridized carbons (Fsp3) is 0.278. The van der Waals surface area contributed by atoms with Crippen LogP contribution in [0.1, 0.15) is 30.5 Å². The van der Waals surface area contributed by atoms with E-state index in [0.29, 0.717) is 18.2 Å². The van der Waals surface area contributed by atoms with Crippen LogP contribution in [-0.2, 0) is 13.2 Å². The van der Waals surface area contributed by atoms with Crippen LogP contribution in [0.15, 0.2) is 48.5 Å². The molecule has 0 spiro atoms. The topological polar surface area (TPSA) is 45.0 Å². The summed E-state index contributed by atoms with van der Waals surface area (Å²) in [7, 11) is 0. The molecule has 0 amide bonds. The van der Waals surface area contributed by atoms with E-state index in [4.69, 9.17) is 10.00 Å². The second-order valence-electron chi connectivity index (χ2n) is 5.24. The van der Waals surface area contributed by atoms with E-state index in [2.05, 4.69) is 37.4 Å². The Kier molecular flexibility index (Phi) is 5.36. The highest BCUT2D eigenvalue weighted by atomic mass is 16.5. The Bertz CT molecular complexity index is 612. The van der Waals surface area contributed by atoms with Crippen molar-refractivity contribution in [3.05, 3.63) is 65.2 Å². The van der Waals surface area contributed by atoms with Crippen molar-refractivity contribution in [3.63, 3.8) is 0 Å². The zero-order valence-electron chi connectivity index (χ0n) is 12.5. The molecule has 3 heteroatoms. The first-order valence-electron chi connectivity index (χ1n) is 7.12. The fourth-order valence-electron chi connectivity index (χ4n) is 1.94. The number of hydrogen-bond acceptors (Lipinski definition) is 3. The molecular formula is C18H20N2O. The van der Waals surface area contributed by atoms with Gasteiger partial charge in [0, 0.05) is 18.2 Å². The number of nitrogens with zero attached hydrogens (tertiary/aromatic N) is 1. The van der Waals surface area contributed by atoms with Crippen molar-refractivity contribution >= 4 is 0 Å². The first-order chi connectivity index (χ1) is 10.2. The van der Waals surface area contributed by atoms with E-state index in [1.165, 1.54) is 5.56 Å². The molecule has 21 heavy (non-hydrogen) atoms. The SMILES string of the molecule is CC(C)NCc1ccc(OCc2ccccc2C#N)cc1. The highest BCUT2D eigenvalue weighted by molar-refractivity contribution is 5.37. The van der Waals surface area contributed by atoms with Crippen molar-refractivity contribution in [3.8, 4) is 11.8 Å². The third-order valence-electron chi connectivity index (χ3n) is 3.17. The summed E-state index contributed by atoms with van der Waals surface area (Å²) in [5.41, 5.74) is 2.80. The fourth-order valence-corrected chi connectivity index (χ4v) is 1.94. The second kappa shape index (κ2) is 7.47. The Morgan fingerprint density at radius 3 is 2.48 bits per heavy atom. The van der Waals surface area contributed by atoms with Crippen LogP contribution >= 0.6 is 0 Å². The Morgan fingerprint density at radius 2 is 1.81 bits per heavy atom. The lowest BCUT2D eigenvalue weighted by Gasteiger charge is -2.10. The molecule has 108 valence electrons. The molecule has 2 rings (SSSR count). The summed E-state index contributed by atoms with van der Waals surface area (Å²) in [5.74, 6) is 0.816. The molecule has 2 aromatic carbocycles. The Hall–Kier alpha value is -2.31. The van der Waals surface area contributed by atoms with Crippen LogP contribution in [0.4, 0.5) is 0 Å². The predicted molar refractivity (Wildman–Crippen MR) is 83.9 cm³/mol. The van der Waals surface area contributed by atoms with E-state index >= 15 is 0 Å². The maximum absolute atomic E-state index is 9.04. The summed E-state index contributed by atoms with van der Waals surface area (Å²) in [6, 6.07) is 18.2. The quantitative estimate of drug-likeness (QED) is 0.878. The monoisotopic (exact) mass is 280 g/mol. The normalized spacial score (nSPS) is 10.4. The van der Waals surface area contributed by atoms with Gasteiger partial charge in [-0.1, -0.05) is 44.2 Å². The van der Waals surface area contributed by atoms with Gasteiger partial charge in [0.1, 0.15) is 12.4 Å². The van der Waals surface area contributed by atoms with Crippen LogP contribution in [-0.4, -0.2) is 6.04 Å². The largest absolute Gasteiger partial charge is 0.489 e. The molecule has 0 aliphatic carbocycles. The van der Waals surface area contributed by atoms with Crippen molar-refractivity contribution in [1.82, 2.24) is 5.32 Å². The molecule has 0 fully saturated rings. The van der Waals surface area contributed by atoms with Crippen molar-refractivity contribution in [1.29, 1.82) is 5.26 Å². The van der Waals surface area contributed by atoms with E-state index in [0.717, 1.165) is 17.9 Å². The van der Waals surface area contributed by atoms with Gasteiger partial charge < -0.3 is 10.1 Å². The first-order valence-corrected chi connectivity index (χ1v) is 7.12. The van der Waals surface area contributed by atoms with E-state index in [9.17, 15) is 0 Å². The maximum Gasteiger partial charge on any atom is 0.119 e. The van der Waals surface area contributed by atoms with Crippen LogP contribution in [0.5, 0.6) is 5.75 Å². The van der Waals surface area contributed by atoms with Crippen molar-refractivity contribution in [2.24, 2.45) is 0 Å². The summed E-state index contributed by atoms with van der Waals surface area (Å²) in [4.78, 5) is 0. The molecule has 1 N–H and O–H groups in total. The molecule has 0 saturated carbocycles. The summed E-state index contributed by atoms with van der Waals surface area (Å²) in [6.07, 6.45) is 0. The van der Waals surface area contributed by atoms with Gasteiger partial charge in [-0.25, -0.2) is 0 Å². The number of benzene rings is 2. The lowest BCUT2D eigenvalue weighted by molar-refractivity contribution is 0.306. The third-order valence-corrected chi connectivity index (χ3v) is 3.17. The van der Waals surface area contributed by atoms with E-state index < -0.39 is 0 Å². The van der Waals surface area contributed by atoms with Crippen molar-refractivity contribution in [2.45, 2.75) is 33.0 Å². The molecule has 0 heterocycles. The smallest absolute Gasteiger partial charge is 0.119 e.